The van der Waals surface area contributed by atoms with Gasteiger partial charge in [0.05, 0.1) is 18.0 Å². The van der Waals surface area contributed by atoms with E-state index in [0.717, 1.165) is 45.7 Å². The van der Waals surface area contributed by atoms with Gasteiger partial charge >= 0.3 is 0 Å². The van der Waals surface area contributed by atoms with Crippen molar-refractivity contribution in [2.45, 2.75) is 53.1 Å². The summed E-state index contributed by atoms with van der Waals surface area (Å²) in [5.41, 5.74) is 2.44. The third-order valence-electron chi connectivity index (χ3n) is 2.95. The molecule has 4 nitrogen and oxygen atoms in total. The van der Waals surface area contributed by atoms with Crippen molar-refractivity contribution in [3.05, 3.63) is 17.5 Å². The number of rotatable bonds is 10. The van der Waals surface area contributed by atoms with Crippen molar-refractivity contribution >= 4 is 0 Å². The molecule has 0 saturated carbocycles. The van der Waals surface area contributed by atoms with Gasteiger partial charge in [-0.15, -0.1) is 0 Å². The van der Waals surface area contributed by atoms with Crippen LogP contribution < -0.4 is 5.32 Å². The largest absolute Gasteiger partial charge is 0.380 e. The molecule has 0 aromatic carbocycles. The standard InChI is InChI=1S/C14H27N3O/c1-4-7-9-18-10-8-15-12-14-11-13(5-2)16-17(14)6-3/h11,15H,4-10,12H2,1-3H3. The maximum Gasteiger partial charge on any atom is 0.0625 e. The molecule has 0 aliphatic heterocycles. The predicted molar refractivity (Wildman–Crippen MR) is 74.7 cm³/mol. The Hall–Kier alpha value is -0.870. The van der Waals surface area contributed by atoms with Crippen LogP contribution in [-0.2, 0) is 24.2 Å². The van der Waals surface area contributed by atoms with Crippen molar-refractivity contribution in [2.75, 3.05) is 19.8 Å². The summed E-state index contributed by atoms with van der Waals surface area (Å²) in [6.45, 7) is 10.8. The van der Waals surface area contributed by atoms with E-state index in [-0.39, 0.29) is 0 Å². The van der Waals surface area contributed by atoms with Gasteiger partial charge in [0.2, 0.25) is 0 Å². The van der Waals surface area contributed by atoms with Gasteiger partial charge in [0, 0.05) is 26.2 Å². The molecule has 0 atom stereocenters. The Morgan fingerprint density at radius 3 is 2.78 bits per heavy atom. The Balaban J connectivity index is 2.20. The SMILES string of the molecule is CCCCOCCNCc1cc(CC)nn1CC. The van der Waals surface area contributed by atoms with Crippen LogP contribution in [0.3, 0.4) is 0 Å². The molecule has 0 unspecified atom stereocenters. The number of aromatic nitrogens is 2. The van der Waals surface area contributed by atoms with E-state index in [1.54, 1.807) is 0 Å². The fourth-order valence-electron chi connectivity index (χ4n) is 1.81. The van der Waals surface area contributed by atoms with Crippen molar-refractivity contribution in [1.29, 1.82) is 0 Å². The van der Waals surface area contributed by atoms with E-state index in [9.17, 15) is 0 Å². The number of nitrogens with one attached hydrogen (secondary N) is 1. The summed E-state index contributed by atoms with van der Waals surface area (Å²) in [6.07, 6.45) is 3.35. The van der Waals surface area contributed by atoms with Gasteiger partial charge in [-0.1, -0.05) is 20.3 Å². The molecule has 1 heterocycles. The summed E-state index contributed by atoms with van der Waals surface area (Å²) in [6, 6.07) is 2.19. The summed E-state index contributed by atoms with van der Waals surface area (Å²) in [5, 5.41) is 7.94. The lowest BCUT2D eigenvalue weighted by molar-refractivity contribution is 0.132. The van der Waals surface area contributed by atoms with Crippen molar-refractivity contribution in [2.24, 2.45) is 0 Å². The van der Waals surface area contributed by atoms with Crippen molar-refractivity contribution in [1.82, 2.24) is 15.1 Å². The van der Waals surface area contributed by atoms with E-state index in [1.807, 2.05) is 0 Å². The predicted octanol–water partition coefficient (Wildman–Crippen LogP) is 2.37. The molecule has 1 aromatic rings. The minimum atomic E-state index is 0.793. The molecule has 1 aromatic heterocycles. The van der Waals surface area contributed by atoms with Gasteiger partial charge in [0.15, 0.2) is 0 Å². The molecule has 0 saturated heterocycles. The fraction of sp³-hybridized carbons (Fsp3) is 0.786. The van der Waals surface area contributed by atoms with Gasteiger partial charge < -0.3 is 10.1 Å². The summed E-state index contributed by atoms with van der Waals surface area (Å²) in [5.74, 6) is 0. The molecule has 0 spiro atoms. The summed E-state index contributed by atoms with van der Waals surface area (Å²) in [7, 11) is 0. The highest BCUT2D eigenvalue weighted by Gasteiger charge is 2.04. The first kappa shape index (κ1) is 15.2. The molecule has 0 fully saturated rings. The van der Waals surface area contributed by atoms with Crippen LogP contribution in [0.15, 0.2) is 6.07 Å². The summed E-state index contributed by atoms with van der Waals surface area (Å²) in [4.78, 5) is 0. The molecular weight excluding hydrogens is 226 g/mol. The lowest BCUT2D eigenvalue weighted by Crippen LogP contribution is -2.21. The van der Waals surface area contributed by atoms with Gasteiger partial charge in [-0.2, -0.15) is 5.10 Å². The number of aryl methyl sites for hydroxylation is 2. The number of nitrogens with zero attached hydrogens (tertiary/aromatic N) is 2. The molecule has 1 N–H and O–H groups in total. The van der Waals surface area contributed by atoms with Crippen molar-refractivity contribution in [3.63, 3.8) is 0 Å². The minimum Gasteiger partial charge on any atom is -0.380 e. The molecule has 104 valence electrons. The highest BCUT2D eigenvalue weighted by molar-refractivity contribution is 5.10. The smallest absolute Gasteiger partial charge is 0.0625 e. The maximum atomic E-state index is 5.51. The van der Waals surface area contributed by atoms with Crippen LogP contribution in [0.5, 0.6) is 0 Å². The van der Waals surface area contributed by atoms with Gasteiger partial charge in [-0.05, 0) is 25.8 Å². The second kappa shape index (κ2) is 9.11. The Bertz CT molecular complexity index is 323. The molecule has 0 radical (unpaired) electrons. The lowest BCUT2D eigenvalue weighted by atomic mass is 10.3. The maximum absolute atomic E-state index is 5.51. The minimum absolute atomic E-state index is 0.793. The zero-order valence-corrected chi connectivity index (χ0v) is 12.0. The van der Waals surface area contributed by atoms with Crippen LogP contribution in [0.4, 0.5) is 0 Å². The second-order valence-electron chi connectivity index (χ2n) is 4.44. The molecule has 0 amide bonds. The Labute approximate surface area is 111 Å². The first-order chi connectivity index (χ1) is 8.81. The molecular formula is C14H27N3O. The quantitative estimate of drug-likeness (QED) is 0.651. The summed E-state index contributed by atoms with van der Waals surface area (Å²) < 4.78 is 7.58. The van der Waals surface area contributed by atoms with Gasteiger partial charge in [-0.3, -0.25) is 4.68 Å². The highest BCUT2D eigenvalue weighted by Crippen LogP contribution is 2.05. The van der Waals surface area contributed by atoms with Crippen LogP contribution in [0.2, 0.25) is 0 Å². The van der Waals surface area contributed by atoms with E-state index in [4.69, 9.17) is 4.74 Å². The number of hydrogen-bond acceptors (Lipinski definition) is 3. The second-order valence-corrected chi connectivity index (χ2v) is 4.44. The molecule has 0 bridgehead atoms. The number of ether oxygens (including phenoxy) is 1. The molecule has 4 heteroatoms. The van der Waals surface area contributed by atoms with E-state index in [1.165, 1.54) is 17.8 Å². The van der Waals surface area contributed by atoms with E-state index in [2.05, 4.69) is 41.9 Å². The van der Waals surface area contributed by atoms with Crippen LogP contribution in [0.25, 0.3) is 0 Å². The Morgan fingerprint density at radius 2 is 2.11 bits per heavy atom. The number of unbranched alkanes of at least 4 members (excludes halogenated alkanes) is 1. The summed E-state index contributed by atoms with van der Waals surface area (Å²) >= 11 is 0. The normalized spacial score (nSPS) is 11.1. The van der Waals surface area contributed by atoms with E-state index in [0.29, 0.717) is 0 Å². The molecule has 0 aliphatic rings. The monoisotopic (exact) mass is 253 g/mol. The first-order valence-electron chi connectivity index (χ1n) is 7.15. The third-order valence-corrected chi connectivity index (χ3v) is 2.95. The third kappa shape index (κ3) is 5.19. The van der Waals surface area contributed by atoms with E-state index >= 15 is 0 Å². The Kier molecular flexibility index (Phi) is 7.69. The molecule has 18 heavy (non-hydrogen) atoms. The average Bonchev–Trinajstić information content (AvgIpc) is 2.80. The van der Waals surface area contributed by atoms with E-state index < -0.39 is 0 Å². The topological polar surface area (TPSA) is 39.1 Å². The van der Waals surface area contributed by atoms with Gasteiger partial charge in [-0.25, -0.2) is 0 Å². The zero-order valence-electron chi connectivity index (χ0n) is 12.0. The fourth-order valence-corrected chi connectivity index (χ4v) is 1.81. The first-order valence-corrected chi connectivity index (χ1v) is 7.15. The van der Waals surface area contributed by atoms with Crippen molar-refractivity contribution < 1.29 is 4.74 Å². The lowest BCUT2D eigenvalue weighted by Gasteiger charge is -2.07. The van der Waals surface area contributed by atoms with Crippen LogP contribution in [-0.4, -0.2) is 29.5 Å². The highest BCUT2D eigenvalue weighted by atomic mass is 16.5. The molecule has 1 rings (SSSR count). The van der Waals surface area contributed by atoms with Gasteiger partial charge in [0.25, 0.3) is 0 Å². The van der Waals surface area contributed by atoms with Gasteiger partial charge in [0.1, 0.15) is 0 Å². The van der Waals surface area contributed by atoms with Crippen molar-refractivity contribution in [3.8, 4) is 0 Å². The Morgan fingerprint density at radius 1 is 1.28 bits per heavy atom. The van der Waals surface area contributed by atoms with Crippen LogP contribution >= 0.6 is 0 Å². The number of hydrogen-bond donors (Lipinski definition) is 1. The van der Waals surface area contributed by atoms with Crippen LogP contribution in [0, 0.1) is 0 Å². The molecule has 0 aliphatic carbocycles. The van der Waals surface area contributed by atoms with Crippen LogP contribution in [0.1, 0.15) is 45.0 Å². The zero-order chi connectivity index (χ0) is 13.2. The average molecular weight is 253 g/mol.